The molecule has 0 saturated heterocycles. The Morgan fingerprint density at radius 3 is 2.70 bits per heavy atom. The second kappa shape index (κ2) is 5.49. The molecule has 0 aliphatic heterocycles. The maximum atomic E-state index is 10.9. The van der Waals surface area contributed by atoms with Gasteiger partial charge in [0.25, 0.3) is 0 Å². The summed E-state index contributed by atoms with van der Waals surface area (Å²) in [6, 6.07) is 5.35. The van der Waals surface area contributed by atoms with E-state index < -0.39 is 4.92 Å². The van der Waals surface area contributed by atoms with Crippen LogP contribution in [0.3, 0.4) is 0 Å². The van der Waals surface area contributed by atoms with Crippen LogP contribution in [0, 0.1) is 24.0 Å². The number of hydrogen-bond acceptors (Lipinski definition) is 7. The van der Waals surface area contributed by atoms with Crippen molar-refractivity contribution in [1.29, 1.82) is 0 Å². The molecule has 0 spiro atoms. The Labute approximate surface area is 114 Å². The van der Waals surface area contributed by atoms with Crippen LogP contribution in [0.1, 0.15) is 11.1 Å². The first-order valence-electron chi connectivity index (χ1n) is 5.74. The highest BCUT2D eigenvalue weighted by Gasteiger charge is 2.19. The fraction of sp³-hybridized carbons (Fsp3) is 0.167. The Morgan fingerprint density at radius 2 is 2.10 bits per heavy atom. The van der Waals surface area contributed by atoms with Crippen LogP contribution in [-0.4, -0.2) is 14.9 Å². The minimum absolute atomic E-state index is 0.0365. The van der Waals surface area contributed by atoms with Crippen molar-refractivity contribution < 1.29 is 9.66 Å². The first kappa shape index (κ1) is 13.7. The average molecular weight is 275 g/mol. The molecular weight excluding hydrogens is 262 g/mol. The lowest BCUT2D eigenvalue weighted by Gasteiger charge is -2.08. The van der Waals surface area contributed by atoms with Crippen molar-refractivity contribution in [2.75, 3.05) is 5.43 Å². The highest BCUT2D eigenvalue weighted by Crippen LogP contribution is 2.30. The van der Waals surface area contributed by atoms with Gasteiger partial charge in [-0.3, -0.25) is 15.5 Å². The van der Waals surface area contributed by atoms with Gasteiger partial charge in [-0.2, -0.15) is 4.98 Å². The molecule has 0 aliphatic rings. The Bertz CT molecular complexity index is 660. The van der Waals surface area contributed by atoms with Crippen LogP contribution in [0.15, 0.2) is 24.4 Å². The highest BCUT2D eigenvalue weighted by atomic mass is 16.6. The summed E-state index contributed by atoms with van der Waals surface area (Å²) in [6.45, 7) is 3.88. The molecule has 0 saturated carbocycles. The zero-order chi connectivity index (χ0) is 14.7. The number of aromatic nitrogens is 2. The standard InChI is InChI=1S/C12H13N5O3/c1-7-3-4-9(5-8(7)2)20-11-10(17(18)19)6-14-12(15-11)16-13/h3-6H,13H2,1-2H3,(H,14,15,16). The van der Waals surface area contributed by atoms with Crippen molar-refractivity contribution in [3.05, 3.63) is 45.6 Å². The van der Waals surface area contributed by atoms with Crippen molar-refractivity contribution in [3.63, 3.8) is 0 Å². The molecule has 2 rings (SSSR count). The monoisotopic (exact) mass is 275 g/mol. The van der Waals surface area contributed by atoms with Crippen LogP contribution >= 0.6 is 0 Å². The van der Waals surface area contributed by atoms with Gasteiger partial charge < -0.3 is 4.74 Å². The summed E-state index contributed by atoms with van der Waals surface area (Å²) in [4.78, 5) is 17.8. The van der Waals surface area contributed by atoms with Gasteiger partial charge in [0.1, 0.15) is 11.9 Å². The molecule has 0 radical (unpaired) electrons. The molecule has 20 heavy (non-hydrogen) atoms. The van der Waals surface area contributed by atoms with E-state index in [0.29, 0.717) is 5.75 Å². The Hall–Kier alpha value is -2.74. The van der Waals surface area contributed by atoms with E-state index in [9.17, 15) is 10.1 Å². The Kier molecular flexibility index (Phi) is 3.76. The third-order valence-corrected chi connectivity index (χ3v) is 2.75. The second-order valence-corrected chi connectivity index (χ2v) is 4.13. The molecule has 1 aromatic carbocycles. The van der Waals surface area contributed by atoms with Gasteiger partial charge in [0.05, 0.1) is 4.92 Å². The highest BCUT2D eigenvalue weighted by molar-refractivity contribution is 5.46. The van der Waals surface area contributed by atoms with Gasteiger partial charge in [-0.1, -0.05) is 6.07 Å². The predicted octanol–water partition coefficient (Wildman–Crippen LogP) is 2.08. The maximum absolute atomic E-state index is 10.9. The smallest absolute Gasteiger partial charge is 0.349 e. The average Bonchev–Trinajstić information content (AvgIpc) is 2.42. The Balaban J connectivity index is 2.40. The molecule has 8 heteroatoms. The van der Waals surface area contributed by atoms with Gasteiger partial charge >= 0.3 is 11.6 Å². The van der Waals surface area contributed by atoms with Gasteiger partial charge in [0.2, 0.25) is 5.95 Å². The van der Waals surface area contributed by atoms with Gasteiger partial charge in [-0.25, -0.2) is 10.8 Å². The molecule has 2 aromatic rings. The molecule has 0 fully saturated rings. The van der Waals surface area contributed by atoms with Crippen LogP contribution in [0.4, 0.5) is 11.6 Å². The molecule has 0 atom stereocenters. The van der Waals surface area contributed by atoms with E-state index in [1.807, 2.05) is 19.9 Å². The molecule has 1 heterocycles. The van der Waals surface area contributed by atoms with Gasteiger partial charge in [-0.15, -0.1) is 0 Å². The Morgan fingerprint density at radius 1 is 1.35 bits per heavy atom. The number of aryl methyl sites for hydroxylation is 2. The van der Waals surface area contributed by atoms with Crippen molar-refractivity contribution in [3.8, 4) is 11.6 Å². The van der Waals surface area contributed by atoms with Crippen LogP contribution in [0.5, 0.6) is 11.6 Å². The van der Waals surface area contributed by atoms with Gasteiger partial charge in [0.15, 0.2) is 0 Å². The lowest BCUT2D eigenvalue weighted by molar-refractivity contribution is -0.386. The number of anilines is 1. The molecule has 1 aromatic heterocycles. The van der Waals surface area contributed by atoms with E-state index >= 15 is 0 Å². The van der Waals surface area contributed by atoms with Crippen molar-refractivity contribution in [2.45, 2.75) is 13.8 Å². The molecule has 3 N–H and O–H groups in total. The normalized spacial score (nSPS) is 10.2. The fourth-order valence-corrected chi connectivity index (χ4v) is 1.52. The quantitative estimate of drug-likeness (QED) is 0.498. The van der Waals surface area contributed by atoms with E-state index in [4.69, 9.17) is 10.6 Å². The summed E-state index contributed by atoms with van der Waals surface area (Å²) in [7, 11) is 0. The number of nitrogen functional groups attached to an aromatic ring is 1. The lowest BCUT2D eigenvalue weighted by atomic mass is 10.1. The fourth-order valence-electron chi connectivity index (χ4n) is 1.52. The number of nitrogens with one attached hydrogen (secondary N) is 1. The number of nitrogens with zero attached hydrogens (tertiary/aromatic N) is 3. The molecule has 0 bridgehead atoms. The SMILES string of the molecule is Cc1ccc(Oc2nc(NN)ncc2[N+](=O)[O-])cc1C. The number of benzene rings is 1. The summed E-state index contributed by atoms with van der Waals surface area (Å²) >= 11 is 0. The van der Waals surface area contributed by atoms with Gasteiger partial charge in [0, 0.05) is 0 Å². The van der Waals surface area contributed by atoms with E-state index in [2.05, 4.69) is 15.4 Å². The molecule has 104 valence electrons. The maximum Gasteiger partial charge on any atom is 0.349 e. The topological polar surface area (TPSA) is 116 Å². The second-order valence-electron chi connectivity index (χ2n) is 4.13. The van der Waals surface area contributed by atoms with Crippen molar-refractivity contribution in [1.82, 2.24) is 9.97 Å². The third-order valence-electron chi connectivity index (χ3n) is 2.75. The molecule has 8 nitrogen and oxygen atoms in total. The summed E-state index contributed by atoms with van der Waals surface area (Å²) in [5, 5.41) is 10.9. The van der Waals surface area contributed by atoms with Crippen LogP contribution in [-0.2, 0) is 0 Å². The minimum Gasteiger partial charge on any atom is -0.434 e. The zero-order valence-corrected chi connectivity index (χ0v) is 11.0. The lowest BCUT2D eigenvalue weighted by Crippen LogP contribution is -2.11. The molecular formula is C12H13N5O3. The van der Waals surface area contributed by atoms with E-state index in [-0.39, 0.29) is 17.5 Å². The molecule has 0 unspecified atom stereocenters. The summed E-state index contributed by atoms with van der Waals surface area (Å²) in [6.07, 6.45) is 1.04. The minimum atomic E-state index is -0.614. The van der Waals surface area contributed by atoms with Gasteiger partial charge in [-0.05, 0) is 37.1 Å². The first-order valence-corrected chi connectivity index (χ1v) is 5.74. The number of rotatable bonds is 4. The third kappa shape index (κ3) is 2.81. The largest absolute Gasteiger partial charge is 0.434 e. The summed E-state index contributed by atoms with van der Waals surface area (Å²) in [5.74, 6) is 5.51. The molecule has 0 aliphatic carbocycles. The summed E-state index contributed by atoms with van der Waals surface area (Å²) < 4.78 is 5.46. The van der Waals surface area contributed by atoms with Crippen LogP contribution < -0.4 is 16.0 Å². The number of nitro groups is 1. The number of hydrazine groups is 1. The van der Waals surface area contributed by atoms with E-state index in [0.717, 1.165) is 17.3 Å². The number of ether oxygens (including phenoxy) is 1. The van der Waals surface area contributed by atoms with E-state index in [1.54, 1.807) is 12.1 Å². The van der Waals surface area contributed by atoms with Crippen LogP contribution in [0.25, 0.3) is 0 Å². The van der Waals surface area contributed by atoms with E-state index in [1.165, 1.54) is 0 Å². The first-order chi connectivity index (χ1) is 9.51. The van der Waals surface area contributed by atoms with Crippen molar-refractivity contribution >= 4 is 11.6 Å². The van der Waals surface area contributed by atoms with Crippen LogP contribution in [0.2, 0.25) is 0 Å². The number of nitrogens with two attached hydrogens (primary N) is 1. The summed E-state index contributed by atoms with van der Waals surface area (Å²) in [5.41, 5.74) is 3.99. The zero-order valence-electron chi connectivity index (χ0n) is 11.0. The predicted molar refractivity (Wildman–Crippen MR) is 72.5 cm³/mol. The molecule has 0 amide bonds. The number of hydrogen-bond donors (Lipinski definition) is 2. The van der Waals surface area contributed by atoms with Crippen molar-refractivity contribution in [2.24, 2.45) is 5.84 Å².